The first kappa shape index (κ1) is 14.9. The van der Waals surface area contributed by atoms with Crippen molar-refractivity contribution in [3.63, 3.8) is 0 Å². The lowest BCUT2D eigenvalue weighted by Gasteiger charge is -2.20. The second-order valence-electron chi connectivity index (χ2n) is 5.15. The molecule has 0 saturated heterocycles. The van der Waals surface area contributed by atoms with Crippen LogP contribution in [0, 0.1) is 0 Å². The van der Waals surface area contributed by atoms with Crippen LogP contribution in [0.25, 0.3) is 0 Å². The maximum Gasteiger partial charge on any atom is 0.409 e. The van der Waals surface area contributed by atoms with Crippen LogP contribution in [-0.2, 0) is 11.3 Å². The van der Waals surface area contributed by atoms with Crippen molar-refractivity contribution in [3.05, 3.63) is 96.3 Å². The van der Waals surface area contributed by atoms with E-state index >= 15 is 0 Å². The van der Waals surface area contributed by atoms with Crippen molar-refractivity contribution in [1.82, 2.24) is 9.88 Å². The molecule has 1 atom stereocenters. The first-order chi connectivity index (χ1) is 11.3. The zero-order chi connectivity index (χ0) is 15.9. The lowest BCUT2D eigenvalue weighted by Crippen LogP contribution is -2.33. The molecule has 3 rings (SSSR count). The van der Waals surface area contributed by atoms with Gasteiger partial charge in [0.1, 0.15) is 12.8 Å². The minimum atomic E-state index is -0.448. The fourth-order valence-corrected chi connectivity index (χ4v) is 2.36. The standard InChI is InChI=1S/C19H18N2O2/c22-19(23-15-16-9-3-1-4-10-16)20-18(21-13-7-8-14-21)17-11-5-2-6-12-17/h1-14,18H,15H2,(H,20,22). The van der Waals surface area contributed by atoms with E-state index in [0.717, 1.165) is 11.1 Å². The number of carbonyl (C=O) groups is 1. The lowest BCUT2D eigenvalue weighted by atomic mass is 10.2. The van der Waals surface area contributed by atoms with E-state index in [0.29, 0.717) is 0 Å². The third-order valence-electron chi connectivity index (χ3n) is 3.51. The van der Waals surface area contributed by atoms with E-state index in [1.165, 1.54) is 0 Å². The minimum Gasteiger partial charge on any atom is -0.445 e. The van der Waals surface area contributed by atoms with Gasteiger partial charge in [-0.1, -0.05) is 60.7 Å². The molecular weight excluding hydrogens is 288 g/mol. The van der Waals surface area contributed by atoms with Crippen molar-refractivity contribution in [3.8, 4) is 0 Å². The highest BCUT2D eigenvalue weighted by Gasteiger charge is 2.16. The maximum atomic E-state index is 12.1. The van der Waals surface area contributed by atoms with E-state index in [1.807, 2.05) is 89.8 Å². The largest absolute Gasteiger partial charge is 0.445 e. The molecule has 0 aliphatic carbocycles. The molecule has 1 N–H and O–H groups in total. The van der Waals surface area contributed by atoms with Crippen molar-refractivity contribution in [2.24, 2.45) is 0 Å². The Balaban J connectivity index is 1.68. The number of amides is 1. The van der Waals surface area contributed by atoms with Crippen LogP contribution in [0.5, 0.6) is 0 Å². The number of hydrogen-bond donors (Lipinski definition) is 1. The first-order valence-electron chi connectivity index (χ1n) is 7.47. The van der Waals surface area contributed by atoms with Crippen LogP contribution < -0.4 is 5.32 Å². The molecule has 2 aromatic carbocycles. The van der Waals surface area contributed by atoms with Crippen molar-refractivity contribution in [2.45, 2.75) is 12.8 Å². The van der Waals surface area contributed by atoms with Gasteiger partial charge in [0.2, 0.25) is 0 Å². The quantitative estimate of drug-likeness (QED) is 0.775. The van der Waals surface area contributed by atoms with Gasteiger partial charge in [-0.2, -0.15) is 0 Å². The number of aromatic nitrogens is 1. The van der Waals surface area contributed by atoms with Gasteiger partial charge in [-0.15, -0.1) is 0 Å². The fourth-order valence-electron chi connectivity index (χ4n) is 2.36. The molecule has 116 valence electrons. The molecule has 1 unspecified atom stereocenters. The highest BCUT2D eigenvalue weighted by Crippen LogP contribution is 2.16. The van der Waals surface area contributed by atoms with Gasteiger partial charge < -0.3 is 9.30 Å². The highest BCUT2D eigenvalue weighted by molar-refractivity contribution is 5.68. The molecule has 1 heterocycles. The van der Waals surface area contributed by atoms with Crippen LogP contribution in [-0.4, -0.2) is 10.7 Å². The molecule has 0 radical (unpaired) electrons. The number of carbonyl (C=O) groups excluding carboxylic acids is 1. The summed E-state index contributed by atoms with van der Waals surface area (Å²) < 4.78 is 7.24. The zero-order valence-electron chi connectivity index (χ0n) is 12.6. The summed E-state index contributed by atoms with van der Waals surface area (Å²) in [5, 5.41) is 2.91. The molecule has 4 heteroatoms. The number of nitrogens with zero attached hydrogens (tertiary/aromatic N) is 1. The summed E-state index contributed by atoms with van der Waals surface area (Å²) in [6.07, 6.45) is 3.08. The molecule has 4 nitrogen and oxygen atoms in total. The molecule has 0 aliphatic rings. The van der Waals surface area contributed by atoms with Gasteiger partial charge in [-0.3, -0.25) is 5.32 Å². The molecule has 23 heavy (non-hydrogen) atoms. The second kappa shape index (κ2) is 7.31. The van der Waals surface area contributed by atoms with Crippen LogP contribution in [0.1, 0.15) is 17.3 Å². The molecule has 0 fully saturated rings. The molecular formula is C19H18N2O2. The predicted octanol–water partition coefficient (Wildman–Crippen LogP) is 3.96. The summed E-state index contributed by atoms with van der Waals surface area (Å²) in [7, 11) is 0. The minimum absolute atomic E-state index is 0.250. The average Bonchev–Trinajstić information content (AvgIpc) is 3.14. The molecule has 3 aromatic rings. The lowest BCUT2D eigenvalue weighted by molar-refractivity contribution is 0.134. The zero-order valence-corrected chi connectivity index (χ0v) is 12.6. The van der Waals surface area contributed by atoms with Crippen molar-refractivity contribution in [2.75, 3.05) is 0 Å². The van der Waals surface area contributed by atoms with E-state index < -0.39 is 6.09 Å². The second-order valence-corrected chi connectivity index (χ2v) is 5.15. The Hall–Kier alpha value is -3.01. The summed E-state index contributed by atoms with van der Waals surface area (Å²) >= 11 is 0. The van der Waals surface area contributed by atoms with Crippen molar-refractivity contribution < 1.29 is 9.53 Å². The Morgan fingerprint density at radius 3 is 2.17 bits per heavy atom. The Morgan fingerprint density at radius 1 is 0.913 bits per heavy atom. The number of nitrogens with one attached hydrogen (secondary N) is 1. The molecule has 1 aromatic heterocycles. The predicted molar refractivity (Wildman–Crippen MR) is 88.8 cm³/mol. The number of hydrogen-bond acceptors (Lipinski definition) is 2. The van der Waals surface area contributed by atoms with Crippen LogP contribution in [0.4, 0.5) is 4.79 Å². The van der Waals surface area contributed by atoms with E-state index in [2.05, 4.69) is 5.32 Å². The molecule has 1 amide bonds. The molecule has 0 saturated carbocycles. The third kappa shape index (κ3) is 4.01. The van der Waals surface area contributed by atoms with Gasteiger partial charge >= 0.3 is 6.09 Å². The Morgan fingerprint density at radius 2 is 1.52 bits per heavy atom. The monoisotopic (exact) mass is 306 g/mol. The van der Waals surface area contributed by atoms with Crippen molar-refractivity contribution >= 4 is 6.09 Å². The third-order valence-corrected chi connectivity index (χ3v) is 3.51. The topological polar surface area (TPSA) is 43.3 Å². The van der Waals surface area contributed by atoms with E-state index in [4.69, 9.17) is 4.74 Å². The van der Waals surface area contributed by atoms with Gasteiger partial charge in [0, 0.05) is 12.4 Å². The van der Waals surface area contributed by atoms with Crippen molar-refractivity contribution in [1.29, 1.82) is 0 Å². The molecule has 0 bridgehead atoms. The summed E-state index contributed by atoms with van der Waals surface area (Å²) in [4.78, 5) is 12.1. The van der Waals surface area contributed by atoms with Crippen LogP contribution in [0.3, 0.4) is 0 Å². The van der Waals surface area contributed by atoms with Crippen LogP contribution in [0.2, 0.25) is 0 Å². The Kier molecular flexibility index (Phi) is 4.74. The highest BCUT2D eigenvalue weighted by atomic mass is 16.5. The van der Waals surface area contributed by atoms with E-state index in [9.17, 15) is 4.79 Å². The summed E-state index contributed by atoms with van der Waals surface area (Å²) in [6.45, 7) is 0.250. The molecule has 0 aliphatic heterocycles. The number of rotatable bonds is 5. The van der Waals surface area contributed by atoms with E-state index in [1.54, 1.807) is 0 Å². The number of benzene rings is 2. The van der Waals surface area contributed by atoms with Gasteiger partial charge in [-0.05, 0) is 23.3 Å². The summed E-state index contributed by atoms with van der Waals surface area (Å²) in [5.41, 5.74) is 1.94. The Bertz CT molecular complexity index is 725. The van der Waals surface area contributed by atoms with Gasteiger partial charge in [-0.25, -0.2) is 4.79 Å². The smallest absolute Gasteiger partial charge is 0.409 e. The summed E-state index contributed by atoms with van der Waals surface area (Å²) in [6, 6.07) is 23.3. The van der Waals surface area contributed by atoms with Crippen LogP contribution in [0.15, 0.2) is 85.2 Å². The molecule has 0 spiro atoms. The maximum absolute atomic E-state index is 12.1. The fraction of sp³-hybridized carbons (Fsp3) is 0.105. The first-order valence-corrected chi connectivity index (χ1v) is 7.47. The van der Waals surface area contributed by atoms with Gasteiger partial charge in [0.25, 0.3) is 0 Å². The SMILES string of the molecule is O=C(NC(c1ccccc1)n1cccc1)OCc1ccccc1. The normalized spacial score (nSPS) is 11.7. The van der Waals surface area contributed by atoms with E-state index in [-0.39, 0.29) is 12.8 Å². The number of ether oxygens (including phenoxy) is 1. The van der Waals surface area contributed by atoms with Gasteiger partial charge in [0.15, 0.2) is 0 Å². The number of alkyl carbamates (subject to hydrolysis) is 1. The average molecular weight is 306 g/mol. The van der Waals surface area contributed by atoms with Gasteiger partial charge in [0.05, 0.1) is 0 Å². The summed E-state index contributed by atoms with van der Waals surface area (Å²) in [5.74, 6) is 0. The van der Waals surface area contributed by atoms with Crippen LogP contribution >= 0.6 is 0 Å². The Labute approximate surface area is 135 Å².